The van der Waals surface area contributed by atoms with Crippen LogP contribution in [-0.4, -0.2) is 46.6 Å². The molecule has 0 aliphatic heterocycles. The third kappa shape index (κ3) is 5.54. The molecule has 0 unspecified atom stereocenters. The van der Waals surface area contributed by atoms with E-state index in [4.69, 9.17) is 4.42 Å². The van der Waals surface area contributed by atoms with Crippen LogP contribution < -0.4 is 10.2 Å². The number of hydrogen-bond acceptors (Lipinski definition) is 6. The lowest BCUT2D eigenvalue weighted by Crippen LogP contribution is -2.29. The topological polar surface area (TPSA) is 76.2 Å². The van der Waals surface area contributed by atoms with Gasteiger partial charge in [0.1, 0.15) is 5.76 Å². The average Bonchev–Trinajstić information content (AvgIpc) is 3.36. The Labute approximate surface area is 181 Å². The second kappa shape index (κ2) is 10.7. The molecule has 0 bridgehead atoms. The van der Waals surface area contributed by atoms with Gasteiger partial charge < -0.3 is 14.6 Å². The maximum absolute atomic E-state index is 12.3. The van der Waals surface area contributed by atoms with Gasteiger partial charge in [-0.2, -0.15) is 0 Å². The molecule has 0 aliphatic carbocycles. The zero-order valence-electron chi connectivity index (χ0n) is 17.4. The van der Waals surface area contributed by atoms with Crippen LogP contribution in [0.4, 0.5) is 5.69 Å². The summed E-state index contributed by atoms with van der Waals surface area (Å²) < 4.78 is 7.32. The molecule has 0 saturated carbocycles. The fourth-order valence-corrected chi connectivity index (χ4v) is 3.82. The van der Waals surface area contributed by atoms with Gasteiger partial charge in [-0.25, -0.2) is 0 Å². The van der Waals surface area contributed by atoms with Crippen molar-refractivity contribution in [1.29, 1.82) is 0 Å². The number of aromatic nitrogens is 3. The average molecular weight is 426 g/mol. The van der Waals surface area contributed by atoms with E-state index in [9.17, 15) is 4.79 Å². The number of carbonyl (C=O) groups is 1. The molecule has 0 aliphatic rings. The van der Waals surface area contributed by atoms with Crippen molar-refractivity contribution in [2.24, 2.45) is 0 Å². The predicted octanol–water partition coefficient (Wildman–Crippen LogP) is 3.77. The number of hydrogen-bond donors (Lipinski definition) is 1. The number of carbonyl (C=O) groups excluding carboxylic acids is 1. The molecule has 30 heavy (non-hydrogen) atoms. The van der Waals surface area contributed by atoms with Crippen LogP contribution >= 0.6 is 11.8 Å². The smallest absolute Gasteiger partial charge is 0.230 e. The van der Waals surface area contributed by atoms with E-state index >= 15 is 0 Å². The molecule has 2 aromatic heterocycles. The zero-order valence-corrected chi connectivity index (χ0v) is 18.2. The minimum Gasteiger partial charge on any atom is -0.469 e. The first-order chi connectivity index (χ1) is 14.6. The first kappa shape index (κ1) is 21.7. The number of para-hydroxylation sites is 1. The first-order valence-corrected chi connectivity index (χ1v) is 10.8. The number of benzene rings is 1. The van der Waals surface area contributed by atoms with Gasteiger partial charge in [-0.1, -0.05) is 36.0 Å². The fourth-order valence-electron chi connectivity index (χ4n) is 3.04. The molecule has 0 atom stereocenters. The van der Waals surface area contributed by atoms with Crippen LogP contribution in [0.3, 0.4) is 0 Å². The van der Waals surface area contributed by atoms with Gasteiger partial charge in [0.25, 0.3) is 0 Å². The molecule has 8 heteroatoms. The number of amides is 1. The Bertz CT molecular complexity index is 967. The van der Waals surface area contributed by atoms with Crippen molar-refractivity contribution in [3.8, 4) is 11.4 Å². The third-order valence-electron chi connectivity index (χ3n) is 4.65. The molecule has 1 N–H and O–H groups in total. The van der Waals surface area contributed by atoms with Crippen LogP contribution in [-0.2, 0) is 11.3 Å². The number of nitrogens with one attached hydrogen (secondary N) is 1. The van der Waals surface area contributed by atoms with E-state index in [0.29, 0.717) is 24.1 Å². The second-order valence-corrected chi connectivity index (χ2v) is 7.79. The van der Waals surface area contributed by atoms with Crippen molar-refractivity contribution in [3.63, 3.8) is 0 Å². The quantitative estimate of drug-likeness (QED) is 0.286. The van der Waals surface area contributed by atoms with Crippen molar-refractivity contribution >= 4 is 23.4 Å². The van der Waals surface area contributed by atoms with E-state index in [1.54, 1.807) is 12.3 Å². The van der Waals surface area contributed by atoms with Crippen molar-refractivity contribution in [3.05, 3.63) is 61.1 Å². The van der Waals surface area contributed by atoms with Crippen molar-refractivity contribution in [2.75, 3.05) is 30.8 Å². The maximum atomic E-state index is 12.3. The Morgan fingerprint density at radius 2 is 2.10 bits per heavy atom. The van der Waals surface area contributed by atoms with Crippen LogP contribution in [0.25, 0.3) is 11.4 Å². The van der Waals surface area contributed by atoms with E-state index in [-0.39, 0.29) is 11.7 Å². The van der Waals surface area contributed by atoms with E-state index < -0.39 is 0 Å². The summed E-state index contributed by atoms with van der Waals surface area (Å²) in [4.78, 5) is 14.4. The monoisotopic (exact) mass is 425 g/mol. The normalized spacial score (nSPS) is 10.7. The minimum atomic E-state index is -0.0171. The molecule has 1 aromatic carbocycles. The van der Waals surface area contributed by atoms with Gasteiger partial charge in [0.2, 0.25) is 5.91 Å². The van der Waals surface area contributed by atoms with Crippen LogP contribution in [0.5, 0.6) is 0 Å². The van der Waals surface area contributed by atoms with Crippen molar-refractivity contribution < 1.29 is 9.21 Å². The number of rotatable bonds is 11. The van der Waals surface area contributed by atoms with Gasteiger partial charge in [-0.05, 0) is 31.5 Å². The maximum Gasteiger partial charge on any atom is 0.230 e. The molecule has 7 nitrogen and oxygen atoms in total. The molecule has 1 amide bonds. The van der Waals surface area contributed by atoms with Crippen LogP contribution in [0.2, 0.25) is 0 Å². The number of allylic oxidation sites excluding steroid dienone is 1. The lowest BCUT2D eigenvalue weighted by molar-refractivity contribution is -0.118. The number of anilines is 1. The first-order valence-electron chi connectivity index (χ1n) is 9.84. The Hall–Kier alpha value is -3.00. The third-order valence-corrected chi connectivity index (χ3v) is 5.62. The molecular formula is C22H27N5O2S. The van der Waals surface area contributed by atoms with Crippen LogP contribution in [0.15, 0.2) is 64.9 Å². The van der Waals surface area contributed by atoms with Gasteiger partial charge in [0.05, 0.1) is 17.6 Å². The Morgan fingerprint density at radius 1 is 1.30 bits per heavy atom. The molecule has 3 rings (SSSR count). The largest absolute Gasteiger partial charge is 0.469 e. The van der Waals surface area contributed by atoms with E-state index in [0.717, 1.165) is 24.3 Å². The highest BCUT2D eigenvalue weighted by Gasteiger charge is 2.17. The number of thioether (sulfide) groups is 1. The molecule has 2 heterocycles. The number of nitrogens with zero attached hydrogens (tertiary/aromatic N) is 4. The molecule has 0 saturated heterocycles. The highest BCUT2D eigenvalue weighted by Crippen LogP contribution is 2.27. The highest BCUT2D eigenvalue weighted by molar-refractivity contribution is 7.99. The molecule has 3 aromatic rings. The van der Waals surface area contributed by atoms with Crippen LogP contribution in [0.1, 0.15) is 12.2 Å². The van der Waals surface area contributed by atoms with Gasteiger partial charge >= 0.3 is 0 Å². The fraction of sp³-hybridized carbons (Fsp3) is 0.318. The minimum absolute atomic E-state index is 0.0171. The van der Waals surface area contributed by atoms with Crippen molar-refractivity contribution in [2.45, 2.75) is 25.0 Å². The lowest BCUT2D eigenvalue weighted by Gasteiger charge is -2.19. The van der Waals surface area contributed by atoms with Gasteiger partial charge in [-0.3, -0.25) is 9.36 Å². The summed E-state index contributed by atoms with van der Waals surface area (Å²) in [7, 11) is 2.05. The standard InChI is InChI=1S/C22H27N5O2S/c1-4-13-27-21(19-11-15-29-17(19)2)24-25-22(27)30-16-20(28)23-12-8-14-26(3)18-9-6-5-7-10-18/h4-7,9-11,15H,1,8,12-14,16H2,2-3H3,(H,23,28). The van der Waals surface area contributed by atoms with E-state index in [2.05, 4.69) is 46.2 Å². The Balaban J connectivity index is 1.47. The molecule has 0 radical (unpaired) electrons. The molecule has 158 valence electrons. The molecular weight excluding hydrogens is 398 g/mol. The predicted molar refractivity (Wildman–Crippen MR) is 121 cm³/mol. The van der Waals surface area contributed by atoms with Gasteiger partial charge in [0, 0.05) is 32.4 Å². The Kier molecular flexibility index (Phi) is 7.73. The summed E-state index contributed by atoms with van der Waals surface area (Å²) in [5.41, 5.74) is 2.06. The van der Waals surface area contributed by atoms with Gasteiger partial charge in [0.15, 0.2) is 11.0 Å². The summed E-state index contributed by atoms with van der Waals surface area (Å²) in [5, 5.41) is 12.2. The van der Waals surface area contributed by atoms with Crippen molar-refractivity contribution in [1.82, 2.24) is 20.1 Å². The summed E-state index contributed by atoms with van der Waals surface area (Å²) in [6.45, 7) is 7.76. The molecule has 0 spiro atoms. The molecule has 0 fully saturated rings. The highest BCUT2D eigenvalue weighted by atomic mass is 32.2. The number of furan rings is 1. The lowest BCUT2D eigenvalue weighted by atomic mass is 10.2. The Morgan fingerprint density at radius 3 is 2.80 bits per heavy atom. The van der Waals surface area contributed by atoms with Gasteiger partial charge in [-0.15, -0.1) is 16.8 Å². The summed E-state index contributed by atoms with van der Waals surface area (Å²) in [5.74, 6) is 1.76. The van der Waals surface area contributed by atoms with Crippen LogP contribution in [0, 0.1) is 6.92 Å². The summed E-state index contributed by atoms with van der Waals surface area (Å²) in [6, 6.07) is 12.1. The summed E-state index contributed by atoms with van der Waals surface area (Å²) >= 11 is 1.37. The second-order valence-electron chi connectivity index (χ2n) is 6.85. The number of aryl methyl sites for hydroxylation is 1. The zero-order chi connectivity index (χ0) is 21.3. The van der Waals surface area contributed by atoms with E-state index in [1.807, 2.05) is 35.8 Å². The van der Waals surface area contributed by atoms with E-state index in [1.165, 1.54) is 17.4 Å². The summed E-state index contributed by atoms with van der Waals surface area (Å²) in [6.07, 6.45) is 4.29. The SMILES string of the molecule is C=CCn1c(SCC(=O)NCCCN(C)c2ccccc2)nnc1-c1ccoc1C.